The largest absolute Gasteiger partial charge is 0.486 e. The monoisotopic (exact) mass is 311 g/mol. The third-order valence-electron chi connectivity index (χ3n) is 4.20. The molecule has 0 aliphatic carbocycles. The molecule has 0 aromatic heterocycles. The van der Waals surface area contributed by atoms with E-state index in [0.29, 0.717) is 29.9 Å². The zero-order valence-corrected chi connectivity index (χ0v) is 12.9. The van der Waals surface area contributed by atoms with E-state index in [9.17, 15) is 0 Å². The lowest BCUT2D eigenvalue weighted by atomic mass is 9.95. The summed E-state index contributed by atoms with van der Waals surface area (Å²) < 4.78 is 11.2. The molecular weight excluding hydrogens is 290 g/mol. The van der Waals surface area contributed by atoms with Crippen molar-refractivity contribution >= 4 is 11.6 Å². The van der Waals surface area contributed by atoms with Crippen molar-refractivity contribution in [3.63, 3.8) is 0 Å². The van der Waals surface area contributed by atoms with Crippen LogP contribution in [0.25, 0.3) is 0 Å². The van der Waals surface area contributed by atoms with Crippen LogP contribution in [-0.2, 0) is 6.54 Å². The highest BCUT2D eigenvalue weighted by Crippen LogP contribution is 2.38. The highest BCUT2D eigenvalue weighted by atomic mass is 35.5. The van der Waals surface area contributed by atoms with Crippen LogP contribution < -0.4 is 9.47 Å². The summed E-state index contributed by atoms with van der Waals surface area (Å²) in [6.07, 6.45) is 3.32. The summed E-state index contributed by atoms with van der Waals surface area (Å²) in [4.78, 5) is 2.44. The van der Waals surface area contributed by atoms with Gasteiger partial charge in [-0.3, -0.25) is 4.90 Å². The first-order chi connectivity index (χ1) is 10.3. The number of likely N-dealkylation sites (tertiary alicyclic amines) is 1. The number of benzene rings is 1. The minimum Gasteiger partial charge on any atom is -0.486 e. The van der Waals surface area contributed by atoms with Gasteiger partial charge in [0.15, 0.2) is 11.5 Å². The molecule has 116 valence electrons. The second-order valence-electron chi connectivity index (χ2n) is 5.86. The number of hydrogen-bond acceptors (Lipinski definition) is 4. The number of aliphatic hydroxyl groups is 1. The molecule has 5 heteroatoms. The first-order valence-corrected chi connectivity index (χ1v) is 8.05. The first kappa shape index (κ1) is 14.9. The quantitative estimate of drug-likeness (QED) is 0.928. The van der Waals surface area contributed by atoms with Gasteiger partial charge in [-0.05, 0) is 49.4 Å². The maximum absolute atomic E-state index is 9.10. The molecule has 1 aromatic carbocycles. The lowest BCUT2D eigenvalue weighted by Gasteiger charge is -2.32. The smallest absolute Gasteiger partial charge is 0.179 e. The van der Waals surface area contributed by atoms with Gasteiger partial charge in [-0.15, -0.1) is 0 Å². The van der Waals surface area contributed by atoms with Gasteiger partial charge < -0.3 is 14.6 Å². The first-order valence-electron chi connectivity index (χ1n) is 7.67. The molecule has 2 aliphatic heterocycles. The molecule has 21 heavy (non-hydrogen) atoms. The number of hydrogen-bond donors (Lipinski definition) is 1. The van der Waals surface area contributed by atoms with Crippen molar-refractivity contribution in [2.24, 2.45) is 5.92 Å². The van der Waals surface area contributed by atoms with Crippen LogP contribution >= 0.6 is 11.6 Å². The Morgan fingerprint density at radius 1 is 1.29 bits per heavy atom. The summed E-state index contributed by atoms with van der Waals surface area (Å²) in [6, 6.07) is 4.01. The fourth-order valence-electron chi connectivity index (χ4n) is 3.23. The molecule has 1 unspecified atom stereocenters. The molecule has 0 saturated carbocycles. The Hall–Kier alpha value is -0.970. The van der Waals surface area contributed by atoms with Crippen LogP contribution in [0, 0.1) is 5.92 Å². The van der Waals surface area contributed by atoms with E-state index in [-0.39, 0.29) is 6.61 Å². The number of ether oxygens (including phenoxy) is 2. The Balaban J connectivity index is 1.68. The van der Waals surface area contributed by atoms with E-state index < -0.39 is 0 Å². The molecule has 2 heterocycles. The topological polar surface area (TPSA) is 41.9 Å². The summed E-state index contributed by atoms with van der Waals surface area (Å²) in [7, 11) is 0. The zero-order chi connectivity index (χ0) is 14.7. The lowest BCUT2D eigenvalue weighted by Crippen LogP contribution is -2.35. The molecule has 0 bridgehead atoms. The number of fused-ring (bicyclic) bond motifs is 1. The van der Waals surface area contributed by atoms with Gasteiger partial charge in [0.25, 0.3) is 0 Å². The summed E-state index contributed by atoms with van der Waals surface area (Å²) in [6.45, 7) is 4.45. The normalized spacial score (nSPS) is 22.3. The molecule has 1 N–H and O–H groups in total. The predicted octanol–water partition coefficient (Wildman–Crippen LogP) is 2.71. The third kappa shape index (κ3) is 3.62. The van der Waals surface area contributed by atoms with Gasteiger partial charge in [0.2, 0.25) is 0 Å². The van der Waals surface area contributed by atoms with Gasteiger partial charge >= 0.3 is 0 Å². The van der Waals surface area contributed by atoms with Crippen LogP contribution in [0.5, 0.6) is 11.5 Å². The Labute approximate surface area is 130 Å². The maximum Gasteiger partial charge on any atom is 0.179 e. The minimum atomic E-state index is 0.286. The van der Waals surface area contributed by atoms with Crippen LogP contribution in [0.2, 0.25) is 5.02 Å². The molecule has 2 aliphatic rings. The fraction of sp³-hybridized carbons (Fsp3) is 0.625. The lowest BCUT2D eigenvalue weighted by molar-refractivity contribution is 0.141. The second kappa shape index (κ2) is 6.86. The summed E-state index contributed by atoms with van der Waals surface area (Å²) in [5, 5.41) is 9.73. The van der Waals surface area contributed by atoms with E-state index in [1.165, 1.54) is 12.8 Å². The van der Waals surface area contributed by atoms with Gasteiger partial charge in [0, 0.05) is 19.7 Å². The van der Waals surface area contributed by atoms with E-state index >= 15 is 0 Å². The van der Waals surface area contributed by atoms with Crippen LogP contribution in [0.1, 0.15) is 24.8 Å². The Morgan fingerprint density at radius 3 is 3.00 bits per heavy atom. The van der Waals surface area contributed by atoms with E-state index in [2.05, 4.69) is 4.90 Å². The average molecular weight is 312 g/mol. The highest BCUT2D eigenvalue weighted by Gasteiger charge is 2.21. The molecular formula is C16H22ClNO3. The van der Waals surface area contributed by atoms with Crippen molar-refractivity contribution in [1.82, 2.24) is 4.90 Å². The van der Waals surface area contributed by atoms with E-state index in [1.54, 1.807) is 0 Å². The molecule has 1 aromatic rings. The average Bonchev–Trinajstić information content (AvgIpc) is 2.48. The fourth-order valence-corrected chi connectivity index (χ4v) is 3.51. The van der Waals surface area contributed by atoms with Crippen LogP contribution in [-0.4, -0.2) is 42.9 Å². The molecule has 0 spiro atoms. The van der Waals surface area contributed by atoms with Crippen molar-refractivity contribution < 1.29 is 14.6 Å². The highest BCUT2D eigenvalue weighted by molar-refractivity contribution is 6.32. The van der Waals surface area contributed by atoms with Crippen molar-refractivity contribution in [3.8, 4) is 11.5 Å². The van der Waals surface area contributed by atoms with Crippen molar-refractivity contribution in [2.75, 3.05) is 32.9 Å². The van der Waals surface area contributed by atoms with Crippen molar-refractivity contribution in [3.05, 3.63) is 22.7 Å². The zero-order valence-electron chi connectivity index (χ0n) is 12.2. The van der Waals surface area contributed by atoms with Crippen molar-refractivity contribution in [1.29, 1.82) is 0 Å². The predicted molar refractivity (Wildman–Crippen MR) is 82.1 cm³/mol. The van der Waals surface area contributed by atoms with E-state index in [0.717, 1.165) is 37.4 Å². The Bertz CT molecular complexity index is 493. The molecule has 3 rings (SSSR count). The molecule has 1 fully saturated rings. The van der Waals surface area contributed by atoms with Gasteiger partial charge in [-0.25, -0.2) is 0 Å². The summed E-state index contributed by atoms with van der Waals surface area (Å²) in [5.41, 5.74) is 1.16. The molecule has 0 radical (unpaired) electrons. The van der Waals surface area contributed by atoms with Crippen LogP contribution in [0.4, 0.5) is 0 Å². The molecule has 0 amide bonds. The molecule has 1 atom stereocenters. The van der Waals surface area contributed by atoms with E-state index in [4.69, 9.17) is 26.2 Å². The summed E-state index contributed by atoms with van der Waals surface area (Å²) >= 11 is 6.29. The number of nitrogens with zero attached hydrogens (tertiary/aromatic N) is 1. The number of aliphatic hydroxyl groups excluding tert-OH is 1. The number of rotatable bonds is 4. The SMILES string of the molecule is OCCC1CCCN(Cc2cc(Cl)c3c(c2)OCCO3)C1. The Kier molecular flexibility index (Phi) is 4.88. The maximum atomic E-state index is 9.10. The number of halogens is 1. The third-order valence-corrected chi connectivity index (χ3v) is 4.48. The van der Waals surface area contributed by atoms with Crippen LogP contribution in [0.3, 0.4) is 0 Å². The van der Waals surface area contributed by atoms with Gasteiger partial charge in [-0.2, -0.15) is 0 Å². The van der Waals surface area contributed by atoms with Gasteiger partial charge in [-0.1, -0.05) is 11.6 Å². The van der Waals surface area contributed by atoms with Gasteiger partial charge in [0.1, 0.15) is 13.2 Å². The van der Waals surface area contributed by atoms with Gasteiger partial charge in [0.05, 0.1) is 5.02 Å². The molecule has 4 nitrogen and oxygen atoms in total. The standard InChI is InChI=1S/C16H22ClNO3/c17-14-8-13(9-15-16(14)21-7-6-20-15)11-18-4-1-2-12(10-18)3-5-19/h8-9,12,19H,1-7,10-11H2. The van der Waals surface area contributed by atoms with E-state index in [1.807, 2.05) is 12.1 Å². The Morgan fingerprint density at radius 2 is 2.14 bits per heavy atom. The minimum absolute atomic E-state index is 0.286. The second-order valence-corrected chi connectivity index (χ2v) is 6.26. The molecule has 1 saturated heterocycles. The van der Waals surface area contributed by atoms with Crippen LogP contribution in [0.15, 0.2) is 12.1 Å². The summed E-state index contributed by atoms with van der Waals surface area (Å²) in [5.74, 6) is 2.03. The number of piperidine rings is 1. The van der Waals surface area contributed by atoms with Crippen molar-refractivity contribution in [2.45, 2.75) is 25.8 Å².